The number of benzene rings is 1. The first-order chi connectivity index (χ1) is 23.6. The maximum atomic E-state index is 15.3. The van der Waals surface area contributed by atoms with Gasteiger partial charge in [-0.05, 0) is 60.5 Å². The van der Waals surface area contributed by atoms with E-state index in [4.69, 9.17) is 0 Å². The molecule has 5 aliphatic rings. The molecule has 6 rings (SSSR count). The van der Waals surface area contributed by atoms with Crippen LogP contribution in [-0.4, -0.2) is 49.2 Å². The quantitative estimate of drug-likeness (QED) is 0.170. The van der Waals surface area contributed by atoms with E-state index < -0.39 is 74.5 Å². The van der Waals surface area contributed by atoms with Crippen LogP contribution >= 0.6 is 0 Å². The van der Waals surface area contributed by atoms with E-state index in [-0.39, 0.29) is 41.9 Å². The molecule has 4 N–H and O–H groups in total. The van der Waals surface area contributed by atoms with Crippen molar-refractivity contribution in [3.05, 3.63) is 46.2 Å². The fraction of sp³-hybridized carbons (Fsp3) is 0.667. The van der Waals surface area contributed by atoms with Gasteiger partial charge in [0, 0.05) is 41.6 Å². The molecule has 0 heterocycles. The summed E-state index contributed by atoms with van der Waals surface area (Å²) in [6, 6.07) is 5.01. The van der Waals surface area contributed by atoms with Gasteiger partial charge in [0.1, 0.15) is 28.6 Å². The Morgan fingerprint density at radius 1 is 0.900 bits per heavy atom. The predicted molar refractivity (Wildman–Crippen MR) is 190 cm³/mol. The maximum Gasteiger partial charge on any atom is 0.203 e. The molecule has 3 saturated carbocycles. The Bertz CT molecular complexity index is 1640. The second-order valence-corrected chi connectivity index (χ2v) is 16.9. The van der Waals surface area contributed by atoms with Crippen LogP contribution in [-0.2, 0) is 19.2 Å². The number of hydrogen-bond acceptors (Lipinski definition) is 8. The Kier molecular flexibility index (Phi) is 9.77. The molecule has 1 aromatic carbocycles. The summed E-state index contributed by atoms with van der Waals surface area (Å²) in [5, 5.41) is 48.5. The third-order valence-electron chi connectivity index (χ3n) is 14.1. The minimum Gasteiger partial charge on any atom is -0.508 e. The van der Waals surface area contributed by atoms with E-state index in [0.717, 1.165) is 57.8 Å². The average Bonchev–Trinajstić information content (AvgIpc) is 3.79. The van der Waals surface area contributed by atoms with Gasteiger partial charge in [-0.15, -0.1) is 0 Å². The summed E-state index contributed by atoms with van der Waals surface area (Å²) in [5.74, 6) is -6.08. The molecule has 0 saturated heterocycles. The lowest BCUT2D eigenvalue weighted by molar-refractivity contribution is -0.200. The first-order valence-corrected chi connectivity index (χ1v) is 19.2. The van der Waals surface area contributed by atoms with Crippen molar-refractivity contribution in [1.82, 2.24) is 0 Å². The van der Waals surface area contributed by atoms with E-state index in [2.05, 4.69) is 0 Å². The number of phenolic OH excluding ortho intramolecular Hbond substituents is 1. The highest BCUT2D eigenvalue weighted by atomic mass is 16.3. The van der Waals surface area contributed by atoms with Crippen LogP contribution in [0.25, 0.3) is 5.76 Å². The minimum atomic E-state index is -2.78. The lowest BCUT2D eigenvalue weighted by Crippen LogP contribution is -2.73. The highest BCUT2D eigenvalue weighted by Crippen LogP contribution is 2.72. The normalized spacial score (nSPS) is 33.2. The van der Waals surface area contributed by atoms with Gasteiger partial charge in [-0.3, -0.25) is 19.2 Å². The zero-order valence-corrected chi connectivity index (χ0v) is 30.5. The Morgan fingerprint density at radius 3 is 2.08 bits per heavy atom. The van der Waals surface area contributed by atoms with E-state index >= 15 is 4.79 Å². The summed E-state index contributed by atoms with van der Waals surface area (Å²) in [7, 11) is 0. The predicted octanol–water partition coefficient (Wildman–Crippen LogP) is 8.25. The van der Waals surface area contributed by atoms with Crippen molar-refractivity contribution in [1.29, 1.82) is 0 Å². The molecular weight excluding hydrogens is 632 g/mol. The largest absolute Gasteiger partial charge is 0.508 e. The molecule has 272 valence electrons. The molecule has 50 heavy (non-hydrogen) atoms. The van der Waals surface area contributed by atoms with Crippen LogP contribution in [0, 0.1) is 40.4 Å². The molecular formula is C42H56O8. The monoisotopic (exact) mass is 688 g/mol. The Morgan fingerprint density at radius 2 is 1.50 bits per heavy atom. The SMILES string of the molecule is CCC(=O)C[C@@H]1[C@]2(C)C(=C(O)c3c(O)cccc3[C@H]2CCC2CCCC2)C(=O)[C@@]2(O)C(O)=C(C(=O)CCC3CCCC3)C(=O)C(C(C)C)[C@@]12C. The number of carbonyl (C=O) groups is 4. The number of fused-ring (bicyclic) bond motifs is 3. The summed E-state index contributed by atoms with van der Waals surface area (Å²) in [5.41, 5.74) is -5.70. The summed E-state index contributed by atoms with van der Waals surface area (Å²) >= 11 is 0. The van der Waals surface area contributed by atoms with Gasteiger partial charge >= 0.3 is 0 Å². The van der Waals surface area contributed by atoms with Crippen molar-refractivity contribution in [2.24, 2.45) is 40.4 Å². The maximum absolute atomic E-state index is 15.3. The summed E-state index contributed by atoms with van der Waals surface area (Å²) in [6.07, 6.45) is 10.7. The first kappa shape index (κ1) is 36.5. The van der Waals surface area contributed by atoms with Crippen molar-refractivity contribution in [2.45, 2.75) is 136 Å². The van der Waals surface area contributed by atoms with E-state index in [1.807, 2.05) is 26.8 Å². The Hall–Kier alpha value is -3.26. The van der Waals surface area contributed by atoms with E-state index in [1.54, 1.807) is 19.9 Å². The van der Waals surface area contributed by atoms with Gasteiger partial charge in [-0.25, -0.2) is 0 Å². The molecule has 8 heteroatoms. The number of carbonyl (C=O) groups excluding carboxylic acids is 4. The van der Waals surface area contributed by atoms with Crippen molar-refractivity contribution in [3.63, 3.8) is 0 Å². The van der Waals surface area contributed by atoms with Crippen LogP contribution in [0.1, 0.15) is 142 Å². The average molecular weight is 689 g/mol. The lowest BCUT2D eigenvalue weighted by atomic mass is 9.36. The van der Waals surface area contributed by atoms with Gasteiger partial charge in [-0.2, -0.15) is 0 Å². The zero-order chi connectivity index (χ0) is 36.3. The number of aromatic hydroxyl groups is 1. The molecule has 5 aliphatic carbocycles. The molecule has 1 unspecified atom stereocenters. The van der Waals surface area contributed by atoms with Crippen LogP contribution in [0.4, 0.5) is 0 Å². The first-order valence-electron chi connectivity index (χ1n) is 19.2. The molecule has 0 aliphatic heterocycles. The molecule has 0 aromatic heterocycles. The topological polar surface area (TPSA) is 149 Å². The molecule has 8 nitrogen and oxygen atoms in total. The van der Waals surface area contributed by atoms with Gasteiger partial charge in [-0.1, -0.05) is 98.1 Å². The molecule has 0 spiro atoms. The molecule has 6 atom stereocenters. The van der Waals surface area contributed by atoms with Gasteiger partial charge < -0.3 is 20.4 Å². The smallest absolute Gasteiger partial charge is 0.203 e. The van der Waals surface area contributed by atoms with Gasteiger partial charge in [0.15, 0.2) is 17.2 Å². The van der Waals surface area contributed by atoms with Crippen molar-refractivity contribution >= 4 is 28.9 Å². The number of aliphatic hydroxyl groups excluding tert-OH is 2. The summed E-state index contributed by atoms with van der Waals surface area (Å²) < 4.78 is 0. The van der Waals surface area contributed by atoms with Crippen LogP contribution in [0.3, 0.4) is 0 Å². The molecule has 3 fully saturated rings. The highest BCUT2D eigenvalue weighted by Gasteiger charge is 2.77. The second kappa shape index (κ2) is 13.4. The molecule has 0 amide bonds. The Labute approximate surface area is 296 Å². The number of aliphatic hydroxyl groups is 3. The van der Waals surface area contributed by atoms with Crippen molar-refractivity contribution in [2.75, 3.05) is 0 Å². The van der Waals surface area contributed by atoms with Crippen LogP contribution in [0.15, 0.2) is 35.1 Å². The summed E-state index contributed by atoms with van der Waals surface area (Å²) in [6.45, 7) is 8.89. The molecule has 0 bridgehead atoms. The lowest BCUT2D eigenvalue weighted by Gasteiger charge is -2.65. The van der Waals surface area contributed by atoms with Crippen LogP contribution in [0.2, 0.25) is 0 Å². The molecule has 1 aromatic rings. The third kappa shape index (κ3) is 5.25. The van der Waals surface area contributed by atoms with Gasteiger partial charge in [0.25, 0.3) is 0 Å². The van der Waals surface area contributed by atoms with Crippen molar-refractivity contribution in [3.8, 4) is 5.75 Å². The van der Waals surface area contributed by atoms with Crippen LogP contribution in [0.5, 0.6) is 5.75 Å². The minimum absolute atomic E-state index is 0.00942. The van der Waals surface area contributed by atoms with E-state index in [1.165, 1.54) is 6.07 Å². The number of hydrogen-bond donors (Lipinski definition) is 4. The summed E-state index contributed by atoms with van der Waals surface area (Å²) in [4.78, 5) is 57.7. The standard InChI is InChI=1S/C42H56O8/c1-6-26(43)22-31-40(4)28(20-18-24-12-7-8-13-24)27-16-11-17-29(44)32(27)36(46)35(40)39(49)42(50)38(48)33(30(45)21-19-25-14-9-10-15-25)37(47)34(23(2)3)41(31,42)5/h11,16-17,23-25,28,31,34,44,46,48,50H,6-10,12-15,18-22H2,1-5H3/t28-,31-,34?,40-,41-,42+/m1/s1. The number of phenols is 1. The fourth-order valence-electron chi connectivity index (χ4n) is 11.6. The van der Waals surface area contributed by atoms with Crippen LogP contribution < -0.4 is 0 Å². The number of allylic oxidation sites excluding steroid dienone is 1. The molecule has 0 radical (unpaired) electrons. The second-order valence-electron chi connectivity index (χ2n) is 16.9. The number of rotatable bonds is 11. The van der Waals surface area contributed by atoms with E-state index in [9.17, 15) is 34.8 Å². The highest BCUT2D eigenvalue weighted by molar-refractivity contribution is 6.25. The fourth-order valence-corrected chi connectivity index (χ4v) is 11.6. The van der Waals surface area contributed by atoms with E-state index in [0.29, 0.717) is 30.2 Å². The van der Waals surface area contributed by atoms with Crippen molar-refractivity contribution < 1.29 is 39.6 Å². The number of ketones is 4. The third-order valence-corrected chi connectivity index (χ3v) is 14.1. The van der Waals surface area contributed by atoms with Gasteiger partial charge in [0.2, 0.25) is 5.78 Å². The zero-order valence-electron chi connectivity index (χ0n) is 30.5. The number of Topliss-reactive ketones (excluding diaryl/α,β-unsaturated/α-hetero) is 4. The Balaban J connectivity index is 1.61. The van der Waals surface area contributed by atoms with Gasteiger partial charge in [0.05, 0.1) is 5.56 Å².